The van der Waals surface area contributed by atoms with E-state index < -0.39 is 11.2 Å². The third-order valence-electron chi connectivity index (χ3n) is 3.61. The molecule has 0 aliphatic heterocycles. The molecule has 0 saturated heterocycles. The summed E-state index contributed by atoms with van der Waals surface area (Å²) in [5.74, 6) is -0.0458. The molecule has 4 N–H and O–H groups in total. The molecule has 2 aromatic carbocycles. The summed E-state index contributed by atoms with van der Waals surface area (Å²) in [6.45, 7) is 0.135. The molecule has 0 unspecified atom stereocenters. The molecule has 0 saturated carbocycles. The predicted octanol–water partition coefficient (Wildman–Crippen LogP) is 1.21. The van der Waals surface area contributed by atoms with Crippen LogP contribution in [0.4, 0.5) is 11.5 Å². The van der Waals surface area contributed by atoms with Crippen molar-refractivity contribution in [1.82, 2.24) is 9.13 Å². The maximum absolute atomic E-state index is 12.8. The maximum atomic E-state index is 12.8. The molecule has 23 heavy (non-hydrogen) atoms. The van der Waals surface area contributed by atoms with Gasteiger partial charge in [-0.05, 0) is 17.7 Å². The number of hydrogen-bond acceptors (Lipinski definition) is 4. The lowest BCUT2D eigenvalue weighted by atomic mass is 10.2. The van der Waals surface area contributed by atoms with Crippen molar-refractivity contribution in [3.63, 3.8) is 0 Å². The third kappa shape index (κ3) is 2.62. The summed E-state index contributed by atoms with van der Waals surface area (Å²) in [4.78, 5) is 25.1. The van der Waals surface area contributed by atoms with Gasteiger partial charge in [-0.2, -0.15) is 0 Å². The molecule has 0 fully saturated rings. The van der Waals surface area contributed by atoms with Crippen LogP contribution < -0.4 is 22.7 Å². The molecular weight excluding hydrogens is 292 g/mol. The van der Waals surface area contributed by atoms with Crippen LogP contribution in [0, 0.1) is 0 Å². The van der Waals surface area contributed by atoms with Gasteiger partial charge in [0.2, 0.25) is 0 Å². The Morgan fingerprint density at radius 3 is 2.00 bits per heavy atom. The van der Waals surface area contributed by atoms with Crippen molar-refractivity contribution >= 4 is 11.5 Å². The first-order valence-electron chi connectivity index (χ1n) is 7.09. The Morgan fingerprint density at radius 1 is 0.826 bits per heavy atom. The summed E-state index contributed by atoms with van der Waals surface area (Å²) in [5.41, 5.74) is 11.9. The maximum Gasteiger partial charge on any atom is 0.337 e. The predicted molar refractivity (Wildman–Crippen MR) is 90.7 cm³/mol. The molecule has 1 aromatic heterocycles. The van der Waals surface area contributed by atoms with Crippen LogP contribution in [0.5, 0.6) is 0 Å². The summed E-state index contributed by atoms with van der Waals surface area (Å²) in [5, 5.41) is 0. The van der Waals surface area contributed by atoms with E-state index in [2.05, 4.69) is 0 Å². The second-order valence-electron chi connectivity index (χ2n) is 5.13. The SMILES string of the molecule is Nc1c(N)n(-c2ccccc2)c(=O)n(Cc2ccccc2)c1=O. The van der Waals surface area contributed by atoms with Gasteiger partial charge in [-0.15, -0.1) is 0 Å². The zero-order chi connectivity index (χ0) is 16.4. The summed E-state index contributed by atoms with van der Waals surface area (Å²) < 4.78 is 2.34. The Hall–Kier alpha value is -3.28. The number of hydrogen-bond donors (Lipinski definition) is 2. The zero-order valence-electron chi connectivity index (χ0n) is 12.3. The molecule has 6 heteroatoms. The Labute approximate surface area is 132 Å². The highest BCUT2D eigenvalue weighted by atomic mass is 16.2. The third-order valence-corrected chi connectivity index (χ3v) is 3.61. The first-order valence-corrected chi connectivity index (χ1v) is 7.09. The van der Waals surface area contributed by atoms with Crippen LogP contribution in [-0.2, 0) is 6.54 Å². The quantitative estimate of drug-likeness (QED) is 0.760. The molecule has 0 atom stereocenters. The van der Waals surface area contributed by atoms with Crippen LogP contribution in [0.15, 0.2) is 70.3 Å². The Morgan fingerprint density at radius 2 is 1.39 bits per heavy atom. The van der Waals surface area contributed by atoms with Crippen molar-refractivity contribution in [3.05, 3.63) is 87.1 Å². The number of nitrogens with two attached hydrogens (primary N) is 2. The van der Waals surface area contributed by atoms with E-state index in [-0.39, 0.29) is 18.1 Å². The van der Waals surface area contributed by atoms with Crippen LogP contribution in [0.3, 0.4) is 0 Å². The summed E-state index contributed by atoms with van der Waals surface area (Å²) in [6, 6.07) is 18.1. The van der Waals surface area contributed by atoms with Crippen molar-refractivity contribution in [2.75, 3.05) is 11.5 Å². The minimum Gasteiger partial charge on any atom is -0.391 e. The number of aromatic nitrogens is 2. The van der Waals surface area contributed by atoms with Gasteiger partial charge in [0, 0.05) is 0 Å². The monoisotopic (exact) mass is 308 g/mol. The number of rotatable bonds is 3. The second-order valence-corrected chi connectivity index (χ2v) is 5.13. The van der Waals surface area contributed by atoms with Gasteiger partial charge in [0.1, 0.15) is 11.5 Å². The fourth-order valence-corrected chi connectivity index (χ4v) is 2.42. The van der Waals surface area contributed by atoms with Gasteiger partial charge in [-0.25, -0.2) is 9.36 Å². The number of nitrogen functional groups attached to an aromatic ring is 2. The fraction of sp³-hybridized carbons (Fsp3) is 0.0588. The van der Waals surface area contributed by atoms with Gasteiger partial charge in [0.25, 0.3) is 5.56 Å². The van der Waals surface area contributed by atoms with E-state index in [9.17, 15) is 9.59 Å². The first-order chi connectivity index (χ1) is 11.1. The number of anilines is 2. The molecule has 3 aromatic rings. The number of nitrogens with zero attached hydrogens (tertiary/aromatic N) is 2. The normalized spacial score (nSPS) is 10.6. The van der Waals surface area contributed by atoms with E-state index in [4.69, 9.17) is 11.5 Å². The van der Waals surface area contributed by atoms with Crippen LogP contribution in [0.2, 0.25) is 0 Å². The number of para-hydroxylation sites is 1. The average Bonchev–Trinajstić information content (AvgIpc) is 2.59. The van der Waals surface area contributed by atoms with Gasteiger partial charge < -0.3 is 11.5 Å². The average molecular weight is 308 g/mol. The van der Waals surface area contributed by atoms with E-state index in [0.717, 1.165) is 10.1 Å². The molecule has 0 aliphatic rings. The highest BCUT2D eigenvalue weighted by Crippen LogP contribution is 2.13. The summed E-state index contributed by atoms with van der Waals surface area (Å²) in [6.07, 6.45) is 0. The van der Waals surface area contributed by atoms with Crippen molar-refractivity contribution in [1.29, 1.82) is 0 Å². The molecular formula is C17H16N4O2. The summed E-state index contributed by atoms with van der Waals surface area (Å²) >= 11 is 0. The lowest BCUT2D eigenvalue weighted by molar-refractivity contribution is 0.676. The van der Waals surface area contributed by atoms with Crippen molar-refractivity contribution in [2.24, 2.45) is 0 Å². The van der Waals surface area contributed by atoms with Crippen LogP contribution in [0.1, 0.15) is 5.56 Å². The molecule has 0 radical (unpaired) electrons. The molecule has 116 valence electrons. The smallest absolute Gasteiger partial charge is 0.337 e. The van der Waals surface area contributed by atoms with Gasteiger partial charge in [-0.3, -0.25) is 9.36 Å². The van der Waals surface area contributed by atoms with E-state index in [1.165, 1.54) is 4.57 Å². The first kappa shape index (κ1) is 14.6. The Kier molecular flexibility index (Phi) is 3.72. The zero-order valence-corrected chi connectivity index (χ0v) is 12.3. The highest BCUT2D eigenvalue weighted by molar-refractivity contribution is 5.60. The minimum atomic E-state index is -0.580. The highest BCUT2D eigenvalue weighted by Gasteiger charge is 2.16. The van der Waals surface area contributed by atoms with Gasteiger partial charge in [0.05, 0.1) is 12.2 Å². The van der Waals surface area contributed by atoms with Crippen LogP contribution in [-0.4, -0.2) is 9.13 Å². The molecule has 0 spiro atoms. The fourth-order valence-electron chi connectivity index (χ4n) is 2.42. The standard InChI is InChI=1S/C17H16N4O2/c18-14-15(19)21(13-9-5-2-6-10-13)17(23)20(16(14)22)11-12-7-3-1-4-8-12/h1-10H,11,18-19H2. The summed E-state index contributed by atoms with van der Waals surface area (Å²) in [7, 11) is 0. The van der Waals surface area contributed by atoms with E-state index in [0.29, 0.717) is 5.69 Å². The molecule has 6 nitrogen and oxygen atoms in total. The molecule has 0 bridgehead atoms. The minimum absolute atomic E-state index is 0.0458. The van der Waals surface area contributed by atoms with Gasteiger partial charge >= 0.3 is 5.69 Å². The molecule has 1 heterocycles. The van der Waals surface area contributed by atoms with Crippen LogP contribution in [0.25, 0.3) is 5.69 Å². The van der Waals surface area contributed by atoms with Gasteiger partial charge in [-0.1, -0.05) is 48.5 Å². The second kappa shape index (κ2) is 5.84. The van der Waals surface area contributed by atoms with E-state index in [1.54, 1.807) is 24.3 Å². The van der Waals surface area contributed by atoms with E-state index in [1.807, 2.05) is 36.4 Å². The largest absolute Gasteiger partial charge is 0.391 e. The van der Waals surface area contributed by atoms with E-state index >= 15 is 0 Å². The lowest BCUT2D eigenvalue weighted by Gasteiger charge is -2.15. The van der Waals surface area contributed by atoms with Crippen molar-refractivity contribution in [2.45, 2.75) is 6.54 Å². The van der Waals surface area contributed by atoms with Crippen molar-refractivity contribution in [3.8, 4) is 5.69 Å². The Balaban J connectivity index is 2.24. The number of benzene rings is 2. The topological polar surface area (TPSA) is 96.0 Å². The lowest BCUT2D eigenvalue weighted by Crippen LogP contribution is -2.42. The van der Waals surface area contributed by atoms with Crippen molar-refractivity contribution < 1.29 is 0 Å². The van der Waals surface area contributed by atoms with Crippen LogP contribution >= 0.6 is 0 Å². The Bertz CT molecular complexity index is 944. The molecule has 3 rings (SSSR count). The molecule has 0 amide bonds. The van der Waals surface area contributed by atoms with Gasteiger partial charge in [0.15, 0.2) is 0 Å². The molecule has 0 aliphatic carbocycles.